The Balaban J connectivity index is 1.56. The zero-order chi connectivity index (χ0) is 17.0. The van der Waals surface area contributed by atoms with E-state index in [1.165, 1.54) is 5.56 Å². The van der Waals surface area contributed by atoms with Crippen LogP contribution in [0.4, 0.5) is 4.79 Å². The molecule has 3 rings (SSSR count). The molecule has 0 bridgehead atoms. The smallest absolute Gasteiger partial charge is 0.314 e. The van der Waals surface area contributed by atoms with Crippen molar-refractivity contribution < 1.29 is 9.59 Å². The van der Waals surface area contributed by atoms with Crippen LogP contribution in [0.1, 0.15) is 31.2 Å². The maximum atomic E-state index is 12.6. The van der Waals surface area contributed by atoms with Gasteiger partial charge in [0, 0.05) is 26.2 Å². The van der Waals surface area contributed by atoms with Crippen LogP contribution in [0, 0.1) is 0 Å². The minimum absolute atomic E-state index is 0.0612. The lowest BCUT2D eigenvalue weighted by Crippen LogP contribution is -2.53. The summed E-state index contributed by atoms with van der Waals surface area (Å²) in [4.78, 5) is 27.6. The highest BCUT2D eigenvalue weighted by Gasteiger charge is 2.40. The van der Waals surface area contributed by atoms with E-state index in [4.69, 9.17) is 5.73 Å². The molecular weight excluding hydrogens is 304 g/mol. The van der Waals surface area contributed by atoms with Crippen molar-refractivity contribution in [1.29, 1.82) is 0 Å². The molecule has 1 saturated carbocycles. The van der Waals surface area contributed by atoms with Crippen molar-refractivity contribution in [3.8, 4) is 0 Å². The van der Waals surface area contributed by atoms with E-state index in [-0.39, 0.29) is 17.5 Å². The van der Waals surface area contributed by atoms with Gasteiger partial charge in [0.2, 0.25) is 5.91 Å². The van der Waals surface area contributed by atoms with Gasteiger partial charge in [0.25, 0.3) is 0 Å². The van der Waals surface area contributed by atoms with Crippen LogP contribution in [0.15, 0.2) is 30.3 Å². The molecule has 3 N–H and O–H groups in total. The molecule has 24 heavy (non-hydrogen) atoms. The highest BCUT2D eigenvalue weighted by molar-refractivity contribution is 5.79. The Labute approximate surface area is 143 Å². The Morgan fingerprint density at radius 3 is 2.42 bits per heavy atom. The molecular formula is C18H26N4O2. The molecule has 2 fully saturated rings. The minimum Gasteiger partial charge on any atom is -0.351 e. The van der Waals surface area contributed by atoms with Crippen molar-refractivity contribution in [2.24, 2.45) is 5.73 Å². The zero-order valence-corrected chi connectivity index (χ0v) is 14.0. The number of carbonyl (C=O) groups excluding carboxylic acids is 2. The number of urea groups is 1. The van der Waals surface area contributed by atoms with Crippen molar-refractivity contribution >= 4 is 11.9 Å². The fourth-order valence-electron chi connectivity index (χ4n) is 3.63. The molecule has 130 valence electrons. The minimum atomic E-state index is -0.376. The van der Waals surface area contributed by atoms with E-state index in [0.717, 1.165) is 32.2 Å². The summed E-state index contributed by atoms with van der Waals surface area (Å²) < 4.78 is 0. The number of amides is 3. The lowest BCUT2D eigenvalue weighted by molar-refractivity contribution is -0.125. The molecule has 2 aliphatic rings. The summed E-state index contributed by atoms with van der Waals surface area (Å²) in [6.45, 7) is 3.14. The van der Waals surface area contributed by atoms with Crippen LogP contribution in [-0.4, -0.2) is 54.5 Å². The Bertz CT molecular complexity index is 586. The van der Waals surface area contributed by atoms with Crippen molar-refractivity contribution in [2.45, 2.75) is 31.2 Å². The maximum Gasteiger partial charge on any atom is 0.314 e. The van der Waals surface area contributed by atoms with E-state index >= 15 is 0 Å². The van der Waals surface area contributed by atoms with Crippen LogP contribution in [0.3, 0.4) is 0 Å². The summed E-state index contributed by atoms with van der Waals surface area (Å²) in [5, 5.41) is 3.26. The van der Waals surface area contributed by atoms with Crippen molar-refractivity contribution in [1.82, 2.24) is 15.1 Å². The standard InChI is InChI=1S/C18H26N4O2/c19-17(24)22-11-5-10-21(12-13-22)14-16(23)20-18(8-4-9-18)15-6-2-1-3-7-15/h1-3,6-7H,4-5,8-14H2,(H2,19,24)(H,20,23). The molecule has 1 aromatic carbocycles. The van der Waals surface area contributed by atoms with Gasteiger partial charge in [0.05, 0.1) is 12.1 Å². The van der Waals surface area contributed by atoms with Crippen LogP contribution in [-0.2, 0) is 10.3 Å². The molecule has 1 aromatic rings. The molecule has 0 aromatic heterocycles. The van der Waals surface area contributed by atoms with Crippen LogP contribution in [0.25, 0.3) is 0 Å². The third-order valence-electron chi connectivity index (χ3n) is 5.18. The Kier molecular flexibility index (Phi) is 5.04. The topological polar surface area (TPSA) is 78.7 Å². The molecule has 3 amide bonds. The summed E-state index contributed by atoms with van der Waals surface area (Å²) in [5.74, 6) is 0.0612. The summed E-state index contributed by atoms with van der Waals surface area (Å²) in [5.41, 5.74) is 6.35. The van der Waals surface area contributed by atoms with Gasteiger partial charge in [-0.3, -0.25) is 9.69 Å². The molecule has 1 heterocycles. The van der Waals surface area contributed by atoms with E-state index in [1.807, 2.05) is 18.2 Å². The highest BCUT2D eigenvalue weighted by atomic mass is 16.2. The second kappa shape index (κ2) is 7.21. The first-order chi connectivity index (χ1) is 11.6. The van der Waals surface area contributed by atoms with Gasteiger partial charge in [0.15, 0.2) is 0 Å². The fourth-order valence-corrected chi connectivity index (χ4v) is 3.63. The number of primary amides is 1. The SMILES string of the molecule is NC(=O)N1CCCN(CC(=O)NC2(c3ccccc3)CCC2)CC1. The molecule has 1 aliphatic heterocycles. The average molecular weight is 330 g/mol. The lowest BCUT2D eigenvalue weighted by atomic mass is 9.72. The van der Waals surface area contributed by atoms with Crippen molar-refractivity contribution in [3.05, 3.63) is 35.9 Å². The predicted molar refractivity (Wildman–Crippen MR) is 92.3 cm³/mol. The average Bonchev–Trinajstić information content (AvgIpc) is 2.77. The number of hydrogen-bond acceptors (Lipinski definition) is 3. The number of benzene rings is 1. The van der Waals surface area contributed by atoms with Crippen molar-refractivity contribution in [3.63, 3.8) is 0 Å². The Morgan fingerprint density at radius 2 is 1.79 bits per heavy atom. The van der Waals surface area contributed by atoms with Gasteiger partial charge in [-0.2, -0.15) is 0 Å². The second-order valence-electron chi connectivity index (χ2n) is 6.80. The molecule has 0 unspecified atom stereocenters. The normalized spacial score (nSPS) is 20.8. The van der Waals surface area contributed by atoms with Crippen LogP contribution >= 0.6 is 0 Å². The fraction of sp³-hybridized carbons (Fsp3) is 0.556. The predicted octanol–water partition coefficient (Wildman–Crippen LogP) is 1.27. The number of hydrogen-bond donors (Lipinski definition) is 2. The maximum absolute atomic E-state index is 12.6. The molecule has 0 spiro atoms. The van der Waals surface area contributed by atoms with Gasteiger partial charge < -0.3 is 16.0 Å². The molecule has 6 nitrogen and oxygen atoms in total. The van der Waals surface area contributed by atoms with E-state index in [1.54, 1.807) is 4.90 Å². The Hall–Kier alpha value is -2.08. The summed E-state index contributed by atoms with van der Waals surface area (Å²) in [7, 11) is 0. The molecule has 1 aliphatic carbocycles. The monoisotopic (exact) mass is 330 g/mol. The first kappa shape index (κ1) is 16.8. The zero-order valence-electron chi connectivity index (χ0n) is 14.0. The summed E-state index contributed by atoms with van der Waals surface area (Å²) in [6.07, 6.45) is 3.99. The lowest BCUT2D eigenvalue weighted by Gasteiger charge is -2.43. The first-order valence-electron chi connectivity index (χ1n) is 8.72. The van der Waals surface area contributed by atoms with Gasteiger partial charge in [-0.15, -0.1) is 0 Å². The van der Waals surface area contributed by atoms with E-state index in [9.17, 15) is 9.59 Å². The number of nitrogens with one attached hydrogen (secondary N) is 1. The quantitative estimate of drug-likeness (QED) is 0.872. The van der Waals surface area contributed by atoms with Crippen molar-refractivity contribution in [2.75, 3.05) is 32.7 Å². The molecule has 0 atom stereocenters. The third-order valence-corrected chi connectivity index (χ3v) is 5.18. The Morgan fingerprint density at radius 1 is 1.04 bits per heavy atom. The molecule has 6 heteroatoms. The number of rotatable bonds is 4. The van der Waals surface area contributed by atoms with Crippen LogP contribution < -0.4 is 11.1 Å². The largest absolute Gasteiger partial charge is 0.351 e. The summed E-state index contributed by atoms with van der Waals surface area (Å²) in [6, 6.07) is 9.86. The van der Waals surface area contributed by atoms with Crippen LogP contribution in [0.2, 0.25) is 0 Å². The first-order valence-corrected chi connectivity index (χ1v) is 8.72. The van der Waals surface area contributed by atoms with Gasteiger partial charge in [-0.05, 0) is 31.2 Å². The van der Waals surface area contributed by atoms with Gasteiger partial charge in [-0.1, -0.05) is 30.3 Å². The van der Waals surface area contributed by atoms with E-state index < -0.39 is 0 Å². The number of nitrogens with two attached hydrogens (primary N) is 1. The number of nitrogens with zero attached hydrogens (tertiary/aromatic N) is 2. The molecule has 0 radical (unpaired) electrons. The number of carbonyl (C=O) groups is 2. The summed E-state index contributed by atoms with van der Waals surface area (Å²) >= 11 is 0. The van der Waals surface area contributed by atoms with Crippen LogP contribution in [0.5, 0.6) is 0 Å². The van der Waals surface area contributed by atoms with Gasteiger partial charge >= 0.3 is 6.03 Å². The highest BCUT2D eigenvalue weighted by Crippen LogP contribution is 2.41. The van der Waals surface area contributed by atoms with E-state index in [0.29, 0.717) is 26.2 Å². The van der Waals surface area contributed by atoms with Gasteiger partial charge in [0.1, 0.15) is 0 Å². The second-order valence-corrected chi connectivity index (χ2v) is 6.80. The molecule has 1 saturated heterocycles. The third kappa shape index (κ3) is 3.70. The van der Waals surface area contributed by atoms with Gasteiger partial charge in [-0.25, -0.2) is 4.79 Å². The van der Waals surface area contributed by atoms with E-state index in [2.05, 4.69) is 22.3 Å².